The Labute approximate surface area is 91.1 Å². The van der Waals surface area contributed by atoms with Gasteiger partial charge >= 0.3 is 0 Å². The van der Waals surface area contributed by atoms with E-state index in [9.17, 15) is 0 Å². The van der Waals surface area contributed by atoms with E-state index in [1.54, 1.807) is 0 Å². The maximum absolute atomic E-state index is 4.53. The van der Waals surface area contributed by atoms with Crippen LogP contribution in [0.1, 0.15) is 38.3 Å². The van der Waals surface area contributed by atoms with Gasteiger partial charge in [-0.15, -0.1) is 0 Å². The summed E-state index contributed by atoms with van der Waals surface area (Å²) in [6.45, 7) is 6.38. The third-order valence-electron chi connectivity index (χ3n) is 2.98. The third kappa shape index (κ3) is 2.37. The summed E-state index contributed by atoms with van der Waals surface area (Å²) in [7, 11) is 0. The van der Waals surface area contributed by atoms with Gasteiger partial charge in [-0.1, -0.05) is 13.8 Å². The Kier molecular flexibility index (Phi) is 3.36. The smallest absolute Gasteiger partial charge is 0.150 e. The van der Waals surface area contributed by atoms with Crippen LogP contribution in [0, 0.1) is 0 Å². The first-order valence-corrected chi connectivity index (χ1v) is 5.99. The number of hydrogen-bond donors (Lipinski definition) is 1. The van der Waals surface area contributed by atoms with Crippen molar-refractivity contribution in [2.45, 2.75) is 52.1 Å². The quantitative estimate of drug-likeness (QED) is 0.807. The molecule has 0 spiro atoms. The van der Waals surface area contributed by atoms with E-state index in [1.165, 1.54) is 12.8 Å². The SMILES string of the molecule is CCc1nc(CC)n(CC2CCCN2)n1. The van der Waals surface area contributed by atoms with Crippen LogP contribution >= 0.6 is 0 Å². The molecule has 2 heterocycles. The first-order valence-electron chi connectivity index (χ1n) is 5.99. The van der Waals surface area contributed by atoms with Crippen molar-refractivity contribution in [3.8, 4) is 0 Å². The predicted molar refractivity (Wildman–Crippen MR) is 59.8 cm³/mol. The fourth-order valence-corrected chi connectivity index (χ4v) is 2.10. The molecule has 0 aliphatic carbocycles. The van der Waals surface area contributed by atoms with Gasteiger partial charge in [-0.3, -0.25) is 0 Å². The molecule has 1 aromatic rings. The maximum Gasteiger partial charge on any atom is 0.150 e. The van der Waals surface area contributed by atoms with Gasteiger partial charge in [0.1, 0.15) is 5.82 Å². The minimum atomic E-state index is 0.599. The highest BCUT2D eigenvalue weighted by Gasteiger charge is 2.17. The molecular formula is C11H20N4. The van der Waals surface area contributed by atoms with Gasteiger partial charge in [0.2, 0.25) is 0 Å². The van der Waals surface area contributed by atoms with Crippen molar-refractivity contribution in [2.24, 2.45) is 0 Å². The molecule has 0 bridgehead atoms. The lowest BCUT2D eigenvalue weighted by Crippen LogP contribution is -2.28. The van der Waals surface area contributed by atoms with Crippen LogP contribution in [0.2, 0.25) is 0 Å². The van der Waals surface area contributed by atoms with E-state index < -0.39 is 0 Å². The van der Waals surface area contributed by atoms with Crippen molar-refractivity contribution in [3.05, 3.63) is 11.6 Å². The van der Waals surface area contributed by atoms with Crippen LogP contribution < -0.4 is 5.32 Å². The molecule has 2 rings (SSSR count). The number of nitrogens with zero attached hydrogens (tertiary/aromatic N) is 3. The Morgan fingerprint density at radius 2 is 2.27 bits per heavy atom. The topological polar surface area (TPSA) is 42.7 Å². The van der Waals surface area contributed by atoms with Crippen molar-refractivity contribution in [3.63, 3.8) is 0 Å². The third-order valence-corrected chi connectivity index (χ3v) is 2.98. The van der Waals surface area contributed by atoms with Crippen LogP contribution in [0.25, 0.3) is 0 Å². The van der Waals surface area contributed by atoms with Crippen molar-refractivity contribution < 1.29 is 0 Å². The molecule has 0 aromatic carbocycles. The number of nitrogens with one attached hydrogen (secondary N) is 1. The molecule has 4 heteroatoms. The highest BCUT2D eigenvalue weighted by molar-refractivity contribution is 4.93. The van der Waals surface area contributed by atoms with Gasteiger partial charge in [0, 0.05) is 18.9 Å². The summed E-state index contributed by atoms with van der Waals surface area (Å²) in [5.74, 6) is 2.10. The average molecular weight is 208 g/mol. The second-order valence-corrected chi connectivity index (χ2v) is 4.13. The lowest BCUT2D eigenvalue weighted by atomic mass is 10.2. The summed E-state index contributed by atoms with van der Waals surface area (Å²) in [5.41, 5.74) is 0. The highest BCUT2D eigenvalue weighted by atomic mass is 15.4. The molecule has 0 amide bonds. The van der Waals surface area contributed by atoms with Gasteiger partial charge in [-0.25, -0.2) is 9.67 Å². The second kappa shape index (κ2) is 4.75. The predicted octanol–water partition coefficient (Wildman–Crippen LogP) is 1.15. The molecule has 1 aliphatic rings. The van der Waals surface area contributed by atoms with Crippen LogP contribution in [0.5, 0.6) is 0 Å². The van der Waals surface area contributed by atoms with Gasteiger partial charge in [0.25, 0.3) is 0 Å². The van der Waals surface area contributed by atoms with E-state index in [0.29, 0.717) is 6.04 Å². The molecule has 0 saturated carbocycles. The number of hydrogen-bond acceptors (Lipinski definition) is 3. The fourth-order valence-electron chi connectivity index (χ4n) is 2.10. The summed E-state index contributed by atoms with van der Waals surface area (Å²) in [4.78, 5) is 4.51. The highest BCUT2D eigenvalue weighted by Crippen LogP contribution is 2.09. The molecule has 84 valence electrons. The first-order chi connectivity index (χ1) is 7.33. The minimum Gasteiger partial charge on any atom is -0.312 e. The van der Waals surface area contributed by atoms with Crippen LogP contribution in [-0.2, 0) is 19.4 Å². The van der Waals surface area contributed by atoms with E-state index in [1.807, 2.05) is 0 Å². The van der Waals surface area contributed by atoms with Crippen molar-refractivity contribution in [1.29, 1.82) is 0 Å². The largest absolute Gasteiger partial charge is 0.312 e. The molecule has 1 atom stereocenters. The Balaban J connectivity index is 2.07. The van der Waals surface area contributed by atoms with Crippen LogP contribution in [0.15, 0.2) is 0 Å². The molecule has 0 radical (unpaired) electrons. The van der Waals surface area contributed by atoms with Gasteiger partial charge in [-0.05, 0) is 19.4 Å². The Morgan fingerprint density at radius 3 is 2.87 bits per heavy atom. The second-order valence-electron chi connectivity index (χ2n) is 4.13. The maximum atomic E-state index is 4.53. The zero-order valence-corrected chi connectivity index (χ0v) is 9.66. The molecule has 15 heavy (non-hydrogen) atoms. The lowest BCUT2D eigenvalue weighted by Gasteiger charge is -2.11. The number of aromatic nitrogens is 3. The van der Waals surface area contributed by atoms with Gasteiger partial charge in [0.15, 0.2) is 5.82 Å². The van der Waals surface area contributed by atoms with Crippen LogP contribution in [-0.4, -0.2) is 27.4 Å². The Morgan fingerprint density at radius 1 is 1.40 bits per heavy atom. The van der Waals surface area contributed by atoms with Crippen LogP contribution in [0.3, 0.4) is 0 Å². The standard InChI is InChI=1S/C11H20N4/c1-3-10-13-11(4-2)15(14-10)8-9-6-5-7-12-9/h9,12H,3-8H2,1-2H3. The normalized spacial score (nSPS) is 21.1. The van der Waals surface area contributed by atoms with Crippen molar-refractivity contribution >= 4 is 0 Å². The summed E-state index contributed by atoms with van der Waals surface area (Å²) < 4.78 is 2.09. The molecule has 1 unspecified atom stereocenters. The van der Waals surface area contributed by atoms with E-state index in [4.69, 9.17) is 0 Å². The fraction of sp³-hybridized carbons (Fsp3) is 0.818. The van der Waals surface area contributed by atoms with Crippen LogP contribution in [0.4, 0.5) is 0 Å². The minimum absolute atomic E-state index is 0.599. The monoisotopic (exact) mass is 208 g/mol. The van der Waals surface area contributed by atoms with Crippen molar-refractivity contribution in [2.75, 3.05) is 6.54 Å². The number of aryl methyl sites for hydroxylation is 2. The molecule has 1 aliphatic heterocycles. The Hall–Kier alpha value is -0.900. The molecule has 1 aromatic heterocycles. The zero-order chi connectivity index (χ0) is 10.7. The number of rotatable bonds is 4. The summed E-state index contributed by atoms with van der Waals surface area (Å²) in [6, 6.07) is 0.599. The molecular weight excluding hydrogens is 188 g/mol. The van der Waals surface area contributed by atoms with Gasteiger partial charge < -0.3 is 5.32 Å². The zero-order valence-electron chi connectivity index (χ0n) is 9.66. The van der Waals surface area contributed by atoms with E-state index in [0.717, 1.165) is 37.6 Å². The van der Waals surface area contributed by atoms with Gasteiger partial charge in [-0.2, -0.15) is 5.10 Å². The molecule has 4 nitrogen and oxygen atoms in total. The molecule has 1 N–H and O–H groups in total. The average Bonchev–Trinajstić information content (AvgIpc) is 2.87. The van der Waals surface area contributed by atoms with Gasteiger partial charge in [0.05, 0.1) is 6.54 Å². The van der Waals surface area contributed by atoms with Crippen molar-refractivity contribution in [1.82, 2.24) is 20.1 Å². The molecule has 1 fully saturated rings. The van der Waals surface area contributed by atoms with E-state index in [2.05, 4.69) is 33.9 Å². The summed E-state index contributed by atoms with van der Waals surface area (Å²) >= 11 is 0. The van der Waals surface area contributed by atoms with E-state index in [-0.39, 0.29) is 0 Å². The Bertz CT molecular complexity index is 312. The molecule has 1 saturated heterocycles. The first kappa shape index (κ1) is 10.6. The summed E-state index contributed by atoms with van der Waals surface area (Å²) in [6.07, 6.45) is 4.46. The summed E-state index contributed by atoms with van der Waals surface area (Å²) in [5, 5.41) is 8.02. The lowest BCUT2D eigenvalue weighted by molar-refractivity contribution is 0.461. The van der Waals surface area contributed by atoms with E-state index >= 15 is 0 Å².